The maximum Gasteiger partial charge on any atom is 0.408 e. The molecule has 0 spiro atoms. The van der Waals surface area contributed by atoms with Gasteiger partial charge < -0.3 is 15.8 Å². The van der Waals surface area contributed by atoms with Crippen LogP contribution in [0.1, 0.15) is 24.8 Å². The van der Waals surface area contributed by atoms with Crippen LogP contribution in [0.25, 0.3) is 0 Å². The number of nitrogens with two attached hydrogens (primary N) is 1. The molecule has 1 aliphatic rings. The molecule has 0 bridgehead atoms. The molecule has 0 atom stereocenters. The highest BCUT2D eigenvalue weighted by Gasteiger charge is 2.44. The Hall–Kier alpha value is -2.04. The minimum atomic E-state index is -0.895. The Balaban J connectivity index is 1.84. The summed E-state index contributed by atoms with van der Waals surface area (Å²) in [5, 5.41) is 2.56. The summed E-state index contributed by atoms with van der Waals surface area (Å²) in [6.45, 7) is 0.182. The first-order chi connectivity index (χ1) is 8.62. The van der Waals surface area contributed by atoms with Gasteiger partial charge in [0.25, 0.3) is 0 Å². The monoisotopic (exact) mass is 248 g/mol. The summed E-state index contributed by atoms with van der Waals surface area (Å²) in [5.74, 6) is -0.495. The van der Waals surface area contributed by atoms with Crippen molar-refractivity contribution >= 4 is 12.0 Å². The lowest BCUT2D eigenvalue weighted by Gasteiger charge is -2.38. The third-order valence-electron chi connectivity index (χ3n) is 3.23. The van der Waals surface area contributed by atoms with Crippen LogP contribution in [-0.2, 0) is 16.1 Å². The van der Waals surface area contributed by atoms with Crippen LogP contribution in [0.2, 0.25) is 0 Å². The van der Waals surface area contributed by atoms with Crippen LogP contribution in [0.3, 0.4) is 0 Å². The van der Waals surface area contributed by atoms with Crippen molar-refractivity contribution in [1.29, 1.82) is 0 Å². The minimum absolute atomic E-state index is 0.182. The molecule has 2 amide bonds. The molecule has 96 valence electrons. The smallest absolute Gasteiger partial charge is 0.408 e. The molecule has 0 heterocycles. The third kappa shape index (κ3) is 2.61. The van der Waals surface area contributed by atoms with Crippen LogP contribution in [0, 0.1) is 0 Å². The highest BCUT2D eigenvalue weighted by atomic mass is 16.5. The summed E-state index contributed by atoms with van der Waals surface area (Å²) < 4.78 is 5.05. The van der Waals surface area contributed by atoms with Crippen LogP contribution in [-0.4, -0.2) is 17.5 Å². The molecule has 0 saturated heterocycles. The number of carbonyl (C=O) groups is 2. The second-order valence-electron chi connectivity index (χ2n) is 4.49. The van der Waals surface area contributed by atoms with Gasteiger partial charge in [0.15, 0.2) is 0 Å². The zero-order valence-electron chi connectivity index (χ0n) is 10.0. The number of amides is 2. The summed E-state index contributed by atoms with van der Waals surface area (Å²) >= 11 is 0. The fourth-order valence-corrected chi connectivity index (χ4v) is 1.92. The number of nitrogens with one attached hydrogen (secondary N) is 1. The van der Waals surface area contributed by atoms with Crippen molar-refractivity contribution in [3.8, 4) is 0 Å². The molecule has 0 radical (unpaired) electrons. The zero-order chi connectivity index (χ0) is 13.0. The first-order valence-corrected chi connectivity index (χ1v) is 5.91. The molecule has 5 heteroatoms. The quantitative estimate of drug-likeness (QED) is 0.843. The van der Waals surface area contributed by atoms with E-state index in [0.717, 1.165) is 12.0 Å². The van der Waals surface area contributed by atoms with Crippen LogP contribution >= 0.6 is 0 Å². The summed E-state index contributed by atoms with van der Waals surface area (Å²) in [4.78, 5) is 22.9. The molecule has 1 aliphatic carbocycles. The van der Waals surface area contributed by atoms with Gasteiger partial charge in [-0.15, -0.1) is 0 Å². The van der Waals surface area contributed by atoms with Gasteiger partial charge in [-0.3, -0.25) is 4.79 Å². The van der Waals surface area contributed by atoms with E-state index in [0.29, 0.717) is 12.8 Å². The van der Waals surface area contributed by atoms with Crippen molar-refractivity contribution in [3.63, 3.8) is 0 Å². The van der Waals surface area contributed by atoms with Crippen molar-refractivity contribution in [2.45, 2.75) is 31.4 Å². The number of rotatable bonds is 4. The lowest BCUT2D eigenvalue weighted by atomic mass is 9.76. The van der Waals surface area contributed by atoms with E-state index in [-0.39, 0.29) is 6.61 Å². The van der Waals surface area contributed by atoms with Crippen molar-refractivity contribution in [2.75, 3.05) is 0 Å². The molecule has 0 aromatic heterocycles. The Morgan fingerprint density at radius 1 is 1.28 bits per heavy atom. The fourth-order valence-electron chi connectivity index (χ4n) is 1.92. The van der Waals surface area contributed by atoms with E-state index in [9.17, 15) is 9.59 Å². The fraction of sp³-hybridized carbons (Fsp3) is 0.385. The highest BCUT2D eigenvalue weighted by Crippen LogP contribution is 2.31. The number of carbonyl (C=O) groups excluding carboxylic acids is 2. The zero-order valence-corrected chi connectivity index (χ0v) is 10.0. The third-order valence-corrected chi connectivity index (χ3v) is 3.23. The SMILES string of the molecule is NC(=O)C1(NC(=O)OCc2ccccc2)CCC1. The van der Waals surface area contributed by atoms with Gasteiger partial charge in [-0.1, -0.05) is 30.3 Å². The van der Waals surface area contributed by atoms with Crippen LogP contribution in [0.4, 0.5) is 4.79 Å². The minimum Gasteiger partial charge on any atom is -0.445 e. The first-order valence-electron chi connectivity index (χ1n) is 5.91. The van der Waals surface area contributed by atoms with Crippen LogP contribution < -0.4 is 11.1 Å². The second kappa shape index (κ2) is 5.08. The van der Waals surface area contributed by atoms with E-state index in [1.54, 1.807) is 0 Å². The molecule has 1 saturated carbocycles. The average Bonchev–Trinajstić information content (AvgIpc) is 2.32. The first kappa shape index (κ1) is 12.4. The van der Waals surface area contributed by atoms with Crippen LogP contribution in [0.15, 0.2) is 30.3 Å². The largest absolute Gasteiger partial charge is 0.445 e. The Kier molecular flexibility index (Phi) is 3.50. The van der Waals surface area contributed by atoms with Gasteiger partial charge >= 0.3 is 6.09 Å². The van der Waals surface area contributed by atoms with Crippen molar-refractivity contribution in [3.05, 3.63) is 35.9 Å². The van der Waals surface area contributed by atoms with Gasteiger partial charge in [0.1, 0.15) is 12.1 Å². The van der Waals surface area contributed by atoms with E-state index >= 15 is 0 Å². The number of hydrogen-bond acceptors (Lipinski definition) is 3. The molecule has 5 nitrogen and oxygen atoms in total. The number of ether oxygens (including phenoxy) is 1. The van der Waals surface area contributed by atoms with Gasteiger partial charge in [0, 0.05) is 0 Å². The maximum absolute atomic E-state index is 11.6. The Bertz CT molecular complexity index is 441. The average molecular weight is 248 g/mol. The van der Waals surface area contributed by atoms with Crippen molar-refractivity contribution in [1.82, 2.24) is 5.32 Å². The lowest BCUT2D eigenvalue weighted by Crippen LogP contribution is -2.61. The Morgan fingerprint density at radius 3 is 2.44 bits per heavy atom. The van der Waals surface area contributed by atoms with E-state index in [1.807, 2.05) is 30.3 Å². The molecule has 1 aromatic carbocycles. The molecule has 1 aromatic rings. The van der Waals surface area contributed by atoms with Gasteiger partial charge in [-0.2, -0.15) is 0 Å². The summed E-state index contributed by atoms with van der Waals surface area (Å²) in [5.41, 5.74) is 5.28. The van der Waals surface area contributed by atoms with Gasteiger partial charge in [0.05, 0.1) is 0 Å². The van der Waals surface area contributed by atoms with Crippen molar-refractivity contribution < 1.29 is 14.3 Å². The molecule has 2 rings (SSSR count). The summed E-state index contributed by atoms with van der Waals surface area (Å²) in [6, 6.07) is 9.35. The van der Waals surface area contributed by atoms with Gasteiger partial charge in [-0.05, 0) is 24.8 Å². The normalized spacial score (nSPS) is 16.4. The predicted molar refractivity (Wildman–Crippen MR) is 65.5 cm³/mol. The van der Waals surface area contributed by atoms with E-state index in [4.69, 9.17) is 10.5 Å². The standard InChI is InChI=1S/C13H16N2O3/c14-11(16)13(7-4-8-13)15-12(17)18-9-10-5-2-1-3-6-10/h1-3,5-6H,4,7-9H2,(H2,14,16)(H,15,17). The summed E-state index contributed by atoms with van der Waals surface area (Å²) in [7, 11) is 0. The van der Waals surface area contributed by atoms with E-state index < -0.39 is 17.5 Å². The topological polar surface area (TPSA) is 81.4 Å². The number of primary amides is 1. The van der Waals surface area contributed by atoms with Gasteiger partial charge in [0.2, 0.25) is 5.91 Å². The molecular weight excluding hydrogens is 232 g/mol. The number of hydrogen-bond donors (Lipinski definition) is 2. The number of alkyl carbamates (subject to hydrolysis) is 1. The summed E-state index contributed by atoms with van der Waals surface area (Å²) in [6.07, 6.45) is 1.46. The maximum atomic E-state index is 11.6. The number of benzene rings is 1. The van der Waals surface area contributed by atoms with E-state index in [1.165, 1.54) is 0 Å². The highest BCUT2D eigenvalue weighted by molar-refractivity contribution is 5.89. The Labute approximate surface area is 105 Å². The van der Waals surface area contributed by atoms with Gasteiger partial charge in [-0.25, -0.2) is 4.79 Å². The second-order valence-corrected chi connectivity index (χ2v) is 4.49. The molecule has 3 N–H and O–H groups in total. The van der Waals surface area contributed by atoms with Crippen LogP contribution in [0.5, 0.6) is 0 Å². The molecule has 0 aliphatic heterocycles. The van der Waals surface area contributed by atoms with E-state index in [2.05, 4.69) is 5.32 Å². The molecule has 18 heavy (non-hydrogen) atoms. The molecule has 0 unspecified atom stereocenters. The predicted octanol–water partition coefficient (Wildman–Crippen LogP) is 1.32. The molecule has 1 fully saturated rings. The lowest BCUT2D eigenvalue weighted by molar-refractivity contribution is -0.127. The van der Waals surface area contributed by atoms with Crippen molar-refractivity contribution in [2.24, 2.45) is 5.73 Å². The Morgan fingerprint density at radius 2 is 1.94 bits per heavy atom. The molecular formula is C13H16N2O3.